The maximum atomic E-state index is 13.8. The molecule has 1 aliphatic rings. The summed E-state index contributed by atoms with van der Waals surface area (Å²) in [6.07, 6.45) is 0.452. The van der Waals surface area contributed by atoms with Gasteiger partial charge in [0, 0.05) is 24.6 Å². The molecule has 2 aromatic rings. The smallest absolute Gasteiger partial charge is 0.408 e. The second kappa shape index (κ2) is 12.5. The molecule has 0 aromatic heterocycles. The van der Waals surface area contributed by atoms with Crippen molar-refractivity contribution in [3.63, 3.8) is 0 Å². The number of alkyl carbamates (subject to hydrolysis) is 1. The van der Waals surface area contributed by atoms with Crippen molar-refractivity contribution in [1.29, 1.82) is 0 Å². The SMILES string of the molecule is CCOC(=O)/C=C1\C[C@@](Cc2ccccc2)(NC(=O)OCc2ccccc2)C(=O)N1CC(=O)OCC. The van der Waals surface area contributed by atoms with Gasteiger partial charge in [-0.15, -0.1) is 0 Å². The van der Waals surface area contributed by atoms with E-state index in [0.29, 0.717) is 0 Å². The summed E-state index contributed by atoms with van der Waals surface area (Å²) in [7, 11) is 0. The fraction of sp³-hybridized carbons (Fsp3) is 0.333. The number of benzene rings is 2. The van der Waals surface area contributed by atoms with Gasteiger partial charge in [-0.1, -0.05) is 60.7 Å². The summed E-state index contributed by atoms with van der Waals surface area (Å²) < 4.78 is 15.4. The second-order valence-electron chi connectivity index (χ2n) is 8.19. The number of hydrogen-bond acceptors (Lipinski definition) is 7. The monoisotopic (exact) mass is 494 g/mol. The zero-order valence-corrected chi connectivity index (χ0v) is 20.4. The minimum absolute atomic E-state index is 0.0142. The Balaban J connectivity index is 1.92. The number of ether oxygens (including phenoxy) is 3. The third-order valence-electron chi connectivity index (χ3n) is 5.55. The first-order chi connectivity index (χ1) is 17.4. The van der Waals surface area contributed by atoms with E-state index in [0.717, 1.165) is 16.0 Å². The van der Waals surface area contributed by atoms with Crippen molar-refractivity contribution in [3.8, 4) is 0 Å². The van der Waals surface area contributed by atoms with Gasteiger partial charge in [-0.05, 0) is 25.0 Å². The summed E-state index contributed by atoms with van der Waals surface area (Å²) in [6, 6.07) is 18.3. The topological polar surface area (TPSA) is 111 Å². The highest BCUT2D eigenvalue weighted by Crippen LogP contribution is 2.35. The van der Waals surface area contributed by atoms with Crippen LogP contribution in [0.3, 0.4) is 0 Å². The molecule has 1 N–H and O–H groups in total. The van der Waals surface area contributed by atoms with Gasteiger partial charge in [0.25, 0.3) is 5.91 Å². The molecule has 1 aliphatic heterocycles. The first-order valence-electron chi connectivity index (χ1n) is 11.7. The number of amides is 2. The molecule has 1 heterocycles. The van der Waals surface area contributed by atoms with Crippen LogP contribution in [0.1, 0.15) is 31.4 Å². The molecule has 190 valence electrons. The zero-order chi connectivity index (χ0) is 26.0. The Bertz CT molecular complexity index is 1100. The van der Waals surface area contributed by atoms with Gasteiger partial charge in [0.1, 0.15) is 18.7 Å². The van der Waals surface area contributed by atoms with Crippen LogP contribution >= 0.6 is 0 Å². The quantitative estimate of drug-likeness (QED) is 0.307. The van der Waals surface area contributed by atoms with Crippen LogP contribution in [0, 0.1) is 0 Å². The van der Waals surface area contributed by atoms with E-state index in [1.165, 1.54) is 6.08 Å². The Morgan fingerprint density at radius 1 is 0.917 bits per heavy atom. The number of hydrogen-bond donors (Lipinski definition) is 1. The van der Waals surface area contributed by atoms with E-state index in [1.807, 2.05) is 60.7 Å². The molecule has 36 heavy (non-hydrogen) atoms. The molecule has 9 heteroatoms. The first-order valence-corrected chi connectivity index (χ1v) is 11.7. The van der Waals surface area contributed by atoms with Crippen molar-refractivity contribution in [3.05, 3.63) is 83.6 Å². The fourth-order valence-electron chi connectivity index (χ4n) is 4.01. The largest absolute Gasteiger partial charge is 0.465 e. The van der Waals surface area contributed by atoms with Gasteiger partial charge in [-0.25, -0.2) is 9.59 Å². The van der Waals surface area contributed by atoms with Crippen LogP contribution in [-0.4, -0.2) is 54.1 Å². The molecule has 1 atom stereocenters. The number of carbonyl (C=O) groups excluding carboxylic acids is 4. The van der Waals surface area contributed by atoms with Crippen molar-refractivity contribution >= 4 is 23.9 Å². The highest BCUT2D eigenvalue weighted by Gasteiger charge is 2.51. The van der Waals surface area contributed by atoms with E-state index in [-0.39, 0.29) is 38.4 Å². The lowest BCUT2D eigenvalue weighted by molar-refractivity contribution is -0.148. The van der Waals surface area contributed by atoms with E-state index in [1.54, 1.807) is 13.8 Å². The summed E-state index contributed by atoms with van der Waals surface area (Å²) in [5.41, 5.74) is 0.322. The Morgan fingerprint density at radius 3 is 2.14 bits per heavy atom. The Hall–Kier alpha value is -4.14. The molecular formula is C27H30N2O7. The maximum absolute atomic E-state index is 13.8. The van der Waals surface area contributed by atoms with E-state index in [4.69, 9.17) is 14.2 Å². The van der Waals surface area contributed by atoms with Gasteiger partial charge in [-0.2, -0.15) is 0 Å². The number of nitrogens with zero attached hydrogens (tertiary/aromatic N) is 1. The molecule has 0 saturated carbocycles. The third kappa shape index (κ3) is 6.94. The van der Waals surface area contributed by atoms with E-state index in [2.05, 4.69) is 5.32 Å². The van der Waals surface area contributed by atoms with Gasteiger partial charge in [0.15, 0.2) is 0 Å². The summed E-state index contributed by atoms with van der Waals surface area (Å²) in [5, 5.41) is 2.73. The number of rotatable bonds is 10. The molecule has 1 saturated heterocycles. The lowest BCUT2D eigenvalue weighted by atomic mass is 9.88. The number of likely N-dealkylation sites (tertiary alicyclic amines) is 1. The van der Waals surface area contributed by atoms with Gasteiger partial charge < -0.3 is 24.4 Å². The van der Waals surface area contributed by atoms with Crippen LogP contribution in [0.4, 0.5) is 4.79 Å². The summed E-state index contributed by atoms with van der Waals surface area (Å²) in [4.78, 5) is 52.3. The molecule has 2 amide bonds. The lowest BCUT2D eigenvalue weighted by Crippen LogP contribution is -2.56. The predicted octanol–water partition coefficient (Wildman–Crippen LogP) is 3.14. The van der Waals surface area contributed by atoms with E-state index in [9.17, 15) is 19.2 Å². The summed E-state index contributed by atoms with van der Waals surface area (Å²) in [5.74, 6) is -1.84. The maximum Gasteiger partial charge on any atom is 0.408 e. The first kappa shape index (κ1) is 26.5. The normalized spacial score (nSPS) is 18.1. The van der Waals surface area contributed by atoms with Crippen LogP contribution in [0.25, 0.3) is 0 Å². The number of nitrogens with one attached hydrogen (secondary N) is 1. The van der Waals surface area contributed by atoms with Gasteiger partial charge in [0.05, 0.1) is 13.2 Å². The average molecular weight is 495 g/mol. The van der Waals surface area contributed by atoms with Crippen molar-refractivity contribution in [2.75, 3.05) is 19.8 Å². The van der Waals surface area contributed by atoms with Crippen LogP contribution < -0.4 is 5.32 Å². The van der Waals surface area contributed by atoms with Crippen molar-refractivity contribution < 1.29 is 33.4 Å². The summed E-state index contributed by atoms with van der Waals surface area (Å²) in [6.45, 7) is 3.21. The molecule has 3 rings (SSSR count). The Labute approximate surface area is 210 Å². The van der Waals surface area contributed by atoms with E-state index < -0.39 is 36.0 Å². The summed E-state index contributed by atoms with van der Waals surface area (Å²) >= 11 is 0. The molecule has 9 nitrogen and oxygen atoms in total. The number of carbonyl (C=O) groups is 4. The minimum atomic E-state index is -1.49. The van der Waals surface area contributed by atoms with Crippen LogP contribution in [0.2, 0.25) is 0 Å². The highest BCUT2D eigenvalue weighted by molar-refractivity contribution is 5.98. The molecule has 0 unspecified atom stereocenters. The molecular weight excluding hydrogens is 464 g/mol. The lowest BCUT2D eigenvalue weighted by Gasteiger charge is -2.28. The predicted molar refractivity (Wildman–Crippen MR) is 130 cm³/mol. The molecule has 0 spiro atoms. The zero-order valence-electron chi connectivity index (χ0n) is 20.4. The van der Waals surface area contributed by atoms with Gasteiger partial charge in [-0.3, -0.25) is 9.59 Å². The average Bonchev–Trinajstić information content (AvgIpc) is 3.09. The van der Waals surface area contributed by atoms with E-state index >= 15 is 0 Å². The van der Waals surface area contributed by atoms with Crippen molar-refractivity contribution in [2.45, 2.75) is 38.8 Å². The van der Waals surface area contributed by atoms with Crippen molar-refractivity contribution in [2.24, 2.45) is 0 Å². The van der Waals surface area contributed by atoms with Gasteiger partial charge in [0.2, 0.25) is 0 Å². The molecule has 1 fully saturated rings. The minimum Gasteiger partial charge on any atom is -0.465 e. The molecule has 2 aromatic carbocycles. The van der Waals surface area contributed by atoms with Gasteiger partial charge >= 0.3 is 18.0 Å². The van der Waals surface area contributed by atoms with Crippen molar-refractivity contribution in [1.82, 2.24) is 10.2 Å². The second-order valence-corrected chi connectivity index (χ2v) is 8.19. The molecule has 0 radical (unpaired) electrons. The van der Waals surface area contributed by atoms with Crippen LogP contribution in [0.5, 0.6) is 0 Å². The van der Waals surface area contributed by atoms with Crippen LogP contribution in [0.15, 0.2) is 72.4 Å². The highest BCUT2D eigenvalue weighted by atomic mass is 16.6. The Morgan fingerprint density at radius 2 is 1.53 bits per heavy atom. The molecule has 0 bridgehead atoms. The van der Waals surface area contributed by atoms with Crippen LogP contribution in [-0.2, 0) is 41.6 Å². The fourth-order valence-corrected chi connectivity index (χ4v) is 4.01. The standard InChI is InChI=1S/C27H30N2O7/c1-3-34-23(30)15-22-17-27(16-20-11-7-5-8-12-20,25(32)29(22)18-24(31)35-4-2)28-26(33)36-19-21-13-9-6-10-14-21/h5-15H,3-4,16-19H2,1-2H3,(H,28,33)/b22-15+/t27-/m1/s1. The third-order valence-corrected chi connectivity index (χ3v) is 5.55. The Kier molecular flexibility index (Phi) is 9.21. The molecule has 0 aliphatic carbocycles. The number of esters is 2.